The first-order chi connectivity index (χ1) is 9.03. The second-order valence-electron chi connectivity index (χ2n) is 4.45. The Morgan fingerprint density at radius 2 is 2.00 bits per heavy atom. The molecule has 1 unspecified atom stereocenters. The molecule has 0 saturated heterocycles. The van der Waals surface area contributed by atoms with Crippen LogP contribution in [0.15, 0.2) is 41.8 Å². The summed E-state index contributed by atoms with van der Waals surface area (Å²) in [5.74, 6) is 0.471. The number of H-pyrrole nitrogens is 1. The van der Waals surface area contributed by atoms with E-state index in [-0.39, 0.29) is 5.03 Å². The molecule has 102 valence electrons. The van der Waals surface area contributed by atoms with Crippen molar-refractivity contribution >= 4 is 15.7 Å². The summed E-state index contributed by atoms with van der Waals surface area (Å²) in [6, 6.07) is 7.43. The van der Waals surface area contributed by atoms with E-state index in [1.807, 2.05) is 12.1 Å². The van der Waals surface area contributed by atoms with Crippen molar-refractivity contribution in [2.45, 2.75) is 31.2 Å². The fourth-order valence-corrected chi connectivity index (χ4v) is 2.68. The number of aromatic nitrogens is 2. The van der Waals surface area contributed by atoms with E-state index in [0.29, 0.717) is 11.6 Å². The van der Waals surface area contributed by atoms with Gasteiger partial charge in [-0.3, -0.25) is 4.72 Å². The second-order valence-corrected chi connectivity index (χ2v) is 6.10. The first-order valence-corrected chi connectivity index (χ1v) is 7.62. The second kappa shape index (κ2) is 5.44. The standard InChI is InChI=1S/C13H17N3O2S/c1-3-10(2)11-4-6-12(7-5-11)16-19(17,18)13-8-14-9-15-13/h4-10,16H,3H2,1-2H3,(H,14,15). The van der Waals surface area contributed by atoms with Crippen LogP contribution >= 0.6 is 0 Å². The molecule has 1 heterocycles. The topological polar surface area (TPSA) is 74.8 Å². The summed E-state index contributed by atoms with van der Waals surface area (Å²) in [4.78, 5) is 6.28. The lowest BCUT2D eigenvalue weighted by Gasteiger charge is -2.10. The van der Waals surface area contributed by atoms with Crippen molar-refractivity contribution in [3.63, 3.8) is 0 Å². The van der Waals surface area contributed by atoms with Crippen LogP contribution in [-0.2, 0) is 10.0 Å². The third-order valence-electron chi connectivity index (χ3n) is 3.11. The summed E-state index contributed by atoms with van der Waals surface area (Å²) < 4.78 is 26.4. The van der Waals surface area contributed by atoms with Crippen molar-refractivity contribution in [2.75, 3.05) is 4.72 Å². The van der Waals surface area contributed by atoms with Gasteiger partial charge in [-0.05, 0) is 30.0 Å². The van der Waals surface area contributed by atoms with Crippen molar-refractivity contribution in [3.05, 3.63) is 42.4 Å². The number of sulfonamides is 1. The van der Waals surface area contributed by atoms with Gasteiger partial charge in [0.05, 0.1) is 12.5 Å². The molecule has 5 nitrogen and oxygen atoms in total. The van der Waals surface area contributed by atoms with E-state index in [2.05, 4.69) is 28.5 Å². The summed E-state index contributed by atoms with van der Waals surface area (Å²) in [5, 5.41) is 0.0542. The lowest BCUT2D eigenvalue weighted by Crippen LogP contribution is -2.13. The SMILES string of the molecule is CCC(C)c1ccc(NS(=O)(=O)c2cnc[nH]2)cc1. The van der Waals surface area contributed by atoms with Gasteiger partial charge in [0.2, 0.25) is 0 Å². The zero-order valence-corrected chi connectivity index (χ0v) is 11.7. The van der Waals surface area contributed by atoms with Gasteiger partial charge in [-0.1, -0.05) is 26.0 Å². The van der Waals surface area contributed by atoms with Gasteiger partial charge in [-0.25, -0.2) is 4.98 Å². The van der Waals surface area contributed by atoms with E-state index in [9.17, 15) is 8.42 Å². The molecule has 2 N–H and O–H groups in total. The Labute approximate surface area is 113 Å². The molecule has 2 aromatic rings. The smallest absolute Gasteiger partial charge is 0.278 e. The molecule has 0 aliphatic rings. The van der Waals surface area contributed by atoms with Gasteiger partial charge in [-0.2, -0.15) is 8.42 Å². The summed E-state index contributed by atoms with van der Waals surface area (Å²) in [6.07, 6.45) is 3.66. The number of hydrogen-bond acceptors (Lipinski definition) is 3. The molecule has 1 aromatic carbocycles. The summed E-state index contributed by atoms with van der Waals surface area (Å²) in [6.45, 7) is 4.27. The Hall–Kier alpha value is -1.82. The Bertz CT molecular complexity index is 618. The molecular formula is C13H17N3O2S. The molecule has 1 atom stereocenters. The quantitative estimate of drug-likeness (QED) is 0.883. The first kappa shape index (κ1) is 13.6. The maximum atomic E-state index is 12.0. The average Bonchev–Trinajstić information content (AvgIpc) is 2.93. The highest BCUT2D eigenvalue weighted by Crippen LogP contribution is 2.21. The van der Waals surface area contributed by atoms with Crippen molar-refractivity contribution in [3.8, 4) is 0 Å². The third kappa shape index (κ3) is 3.14. The van der Waals surface area contributed by atoms with Crippen molar-refractivity contribution < 1.29 is 8.42 Å². The highest BCUT2D eigenvalue weighted by Gasteiger charge is 2.15. The van der Waals surface area contributed by atoms with E-state index in [0.717, 1.165) is 6.42 Å². The minimum absolute atomic E-state index is 0.0542. The number of anilines is 1. The molecular weight excluding hydrogens is 262 g/mol. The number of aromatic amines is 1. The van der Waals surface area contributed by atoms with Crippen LogP contribution in [-0.4, -0.2) is 18.4 Å². The van der Waals surface area contributed by atoms with Crippen molar-refractivity contribution in [1.82, 2.24) is 9.97 Å². The molecule has 0 saturated carbocycles. The summed E-state index contributed by atoms with van der Waals surface area (Å²) in [5.41, 5.74) is 1.74. The zero-order valence-electron chi connectivity index (χ0n) is 10.9. The predicted octanol–water partition coefficient (Wildman–Crippen LogP) is 2.72. The molecule has 0 aliphatic heterocycles. The predicted molar refractivity (Wildman–Crippen MR) is 74.5 cm³/mol. The highest BCUT2D eigenvalue weighted by molar-refractivity contribution is 7.92. The van der Waals surface area contributed by atoms with Crippen LogP contribution in [0.3, 0.4) is 0 Å². The van der Waals surface area contributed by atoms with Gasteiger partial charge in [0.15, 0.2) is 5.03 Å². The van der Waals surface area contributed by atoms with Crippen LogP contribution in [0.25, 0.3) is 0 Å². The number of rotatable bonds is 5. The van der Waals surface area contributed by atoms with Gasteiger partial charge in [0.25, 0.3) is 10.0 Å². The van der Waals surface area contributed by atoms with Crippen LogP contribution in [0.4, 0.5) is 5.69 Å². The Balaban J connectivity index is 2.16. The van der Waals surface area contributed by atoms with Gasteiger partial charge in [0.1, 0.15) is 0 Å². The van der Waals surface area contributed by atoms with Crippen LogP contribution in [0.2, 0.25) is 0 Å². The number of hydrogen-bond donors (Lipinski definition) is 2. The summed E-state index contributed by atoms with van der Waals surface area (Å²) >= 11 is 0. The van der Waals surface area contributed by atoms with Gasteiger partial charge >= 0.3 is 0 Å². The monoisotopic (exact) mass is 279 g/mol. The Morgan fingerprint density at radius 3 is 2.53 bits per heavy atom. The molecule has 0 radical (unpaired) electrons. The lowest BCUT2D eigenvalue weighted by atomic mass is 9.99. The maximum Gasteiger partial charge on any atom is 0.278 e. The van der Waals surface area contributed by atoms with Crippen LogP contribution in [0, 0.1) is 0 Å². The zero-order chi connectivity index (χ0) is 13.9. The molecule has 1 aromatic heterocycles. The largest absolute Gasteiger partial charge is 0.334 e. The van der Waals surface area contributed by atoms with Crippen molar-refractivity contribution in [1.29, 1.82) is 0 Å². The van der Waals surface area contributed by atoms with Gasteiger partial charge in [-0.15, -0.1) is 0 Å². The molecule has 6 heteroatoms. The van der Waals surface area contributed by atoms with Crippen molar-refractivity contribution in [2.24, 2.45) is 0 Å². The Kier molecular flexibility index (Phi) is 3.90. The average molecular weight is 279 g/mol. The fraction of sp³-hybridized carbons (Fsp3) is 0.308. The highest BCUT2D eigenvalue weighted by atomic mass is 32.2. The normalized spacial score (nSPS) is 13.2. The van der Waals surface area contributed by atoms with E-state index in [4.69, 9.17) is 0 Å². The number of nitrogens with zero attached hydrogens (tertiary/aromatic N) is 1. The third-order valence-corrected chi connectivity index (χ3v) is 4.41. The fourth-order valence-electron chi connectivity index (χ4n) is 1.72. The van der Waals surface area contributed by atoms with Crippen LogP contribution in [0.5, 0.6) is 0 Å². The Morgan fingerprint density at radius 1 is 1.32 bits per heavy atom. The van der Waals surface area contributed by atoms with E-state index >= 15 is 0 Å². The number of benzene rings is 1. The van der Waals surface area contributed by atoms with E-state index < -0.39 is 10.0 Å². The van der Waals surface area contributed by atoms with Gasteiger partial charge < -0.3 is 4.98 Å². The van der Waals surface area contributed by atoms with Crippen LogP contribution < -0.4 is 4.72 Å². The minimum atomic E-state index is -3.58. The minimum Gasteiger partial charge on any atom is -0.334 e. The first-order valence-electron chi connectivity index (χ1n) is 6.14. The molecule has 0 spiro atoms. The molecule has 19 heavy (non-hydrogen) atoms. The molecule has 0 bridgehead atoms. The molecule has 2 rings (SSSR count). The number of nitrogens with one attached hydrogen (secondary N) is 2. The van der Waals surface area contributed by atoms with Crippen LogP contribution in [0.1, 0.15) is 31.7 Å². The summed E-state index contributed by atoms with van der Waals surface area (Å²) in [7, 11) is -3.58. The maximum absolute atomic E-state index is 12.0. The number of imidazole rings is 1. The van der Waals surface area contributed by atoms with E-state index in [1.54, 1.807) is 12.1 Å². The van der Waals surface area contributed by atoms with Gasteiger partial charge in [0, 0.05) is 5.69 Å². The molecule has 0 amide bonds. The molecule has 0 aliphatic carbocycles. The lowest BCUT2D eigenvalue weighted by molar-refractivity contribution is 0.598. The molecule has 0 fully saturated rings. The van der Waals surface area contributed by atoms with E-state index in [1.165, 1.54) is 18.1 Å².